The molecule has 104 valence electrons. The Morgan fingerprint density at radius 3 is 2.84 bits per heavy atom. The maximum Gasteiger partial charge on any atom is 0.321 e. The molecule has 4 nitrogen and oxygen atoms in total. The summed E-state index contributed by atoms with van der Waals surface area (Å²) < 4.78 is 26.2. The number of hydrogen-bond donors (Lipinski definition) is 2. The summed E-state index contributed by atoms with van der Waals surface area (Å²) in [7, 11) is 0. The molecule has 1 aliphatic rings. The molecule has 0 aliphatic carbocycles. The average Bonchev–Trinajstić information content (AvgIpc) is 2.36. The van der Waals surface area contributed by atoms with Gasteiger partial charge in [-0.15, -0.1) is 0 Å². The molecule has 0 spiro atoms. The second kappa shape index (κ2) is 5.52. The van der Waals surface area contributed by atoms with Crippen molar-refractivity contribution in [1.29, 1.82) is 0 Å². The van der Waals surface area contributed by atoms with Crippen LogP contribution in [0.1, 0.15) is 13.3 Å². The van der Waals surface area contributed by atoms with Gasteiger partial charge < -0.3 is 16.0 Å². The molecule has 0 saturated carbocycles. The number of rotatable bonds is 1. The molecule has 2 rings (SSSR count). The molecular weight excluding hydrogens is 252 g/mol. The predicted octanol–water partition coefficient (Wildman–Crippen LogP) is 2.17. The first-order valence-electron chi connectivity index (χ1n) is 6.24. The van der Waals surface area contributed by atoms with Gasteiger partial charge in [0.1, 0.15) is 11.6 Å². The number of carbonyl (C=O) groups is 1. The number of nitrogens with two attached hydrogens (primary N) is 1. The molecule has 2 amide bonds. The number of urea groups is 1. The van der Waals surface area contributed by atoms with Gasteiger partial charge in [0, 0.05) is 25.2 Å². The highest BCUT2D eigenvalue weighted by molar-refractivity contribution is 5.89. The van der Waals surface area contributed by atoms with Crippen LogP contribution in [-0.4, -0.2) is 30.1 Å². The van der Waals surface area contributed by atoms with Crippen LogP contribution in [0.3, 0.4) is 0 Å². The summed E-state index contributed by atoms with van der Waals surface area (Å²) in [5, 5.41) is 2.43. The van der Waals surface area contributed by atoms with E-state index in [2.05, 4.69) is 5.32 Å². The minimum Gasteiger partial charge on any atom is -0.326 e. The number of amides is 2. The van der Waals surface area contributed by atoms with Crippen molar-refractivity contribution in [2.75, 3.05) is 18.4 Å². The monoisotopic (exact) mass is 269 g/mol. The fraction of sp³-hybridized carbons (Fsp3) is 0.462. The first kappa shape index (κ1) is 13.7. The third-order valence-electron chi connectivity index (χ3n) is 3.48. The van der Waals surface area contributed by atoms with Crippen molar-refractivity contribution in [3.63, 3.8) is 0 Å². The summed E-state index contributed by atoms with van der Waals surface area (Å²) in [6.45, 7) is 3.07. The van der Waals surface area contributed by atoms with E-state index in [9.17, 15) is 13.6 Å². The SMILES string of the molecule is CC1CCN(C(=O)Nc2ccc(F)cc2F)CC1N. The molecule has 1 aromatic rings. The highest BCUT2D eigenvalue weighted by Gasteiger charge is 2.26. The summed E-state index contributed by atoms with van der Waals surface area (Å²) in [4.78, 5) is 13.5. The molecular formula is C13H17F2N3O. The normalized spacial score (nSPS) is 23.3. The van der Waals surface area contributed by atoms with Crippen LogP contribution in [0.5, 0.6) is 0 Å². The largest absolute Gasteiger partial charge is 0.326 e. The Labute approximate surface area is 110 Å². The van der Waals surface area contributed by atoms with Crippen LogP contribution in [0.2, 0.25) is 0 Å². The lowest BCUT2D eigenvalue weighted by molar-refractivity contribution is 0.174. The number of likely N-dealkylation sites (tertiary alicyclic amines) is 1. The lowest BCUT2D eigenvalue weighted by atomic mass is 9.94. The smallest absolute Gasteiger partial charge is 0.321 e. The first-order chi connectivity index (χ1) is 8.97. The van der Waals surface area contributed by atoms with Crippen LogP contribution in [0.4, 0.5) is 19.3 Å². The summed E-state index contributed by atoms with van der Waals surface area (Å²) in [6, 6.07) is 2.56. The third-order valence-corrected chi connectivity index (χ3v) is 3.48. The Bertz CT molecular complexity index is 481. The van der Waals surface area contributed by atoms with E-state index in [0.29, 0.717) is 19.0 Å². The van der Waals surface area contributed by atoms with E-state index in [4.69, 9.17) is 5.73 Å². The van der Waals surface area contributed by atoms with Gasteiger partial charge in [-0.3, -0.25) is 0 Å². The van der Waals surface area contributed by atoms with Gasteiger partial charge in [0.05, 0.1) is 5.69 Å². The maximum atomic E-state index is 13.4. The average molecular weight is 269 g/mol. The molecule has 1 fully saturated rings. The number of nitrogens with zero attached hydrogens (tertiary/aromatic N) is 1. The molecule has 0 aromatic heterocycles. The van der Waals surface area contributed by atoms with Crippen molar-refractivity contribution >= 4 is 11.7 Å². The number of carbonyl (C=O) groups excluding carboxylic acids is 1. The number of halogens is 2. The van der Waals surface area contributed by atoms with Gasteiger partial charge in [-0.2, -0.15) is 0 Å². The standard InChI is InChI=1S/C13H17F2N3O/c1-8-4-5-18(7-11(8)16)13(19)17-12-3-2-9(14)6-10(12)15/h2-3,6,8,11H,4-5,7,16H2,1H3,(H,17,19). The van der Waals surface area contributed by atoms with Crippen LogP contribution in [0, 0.1) is 17.6 Å². The van der Waals surface area contributed by atoms with Gasteiger partial charge in [-0.05, 0) is 24.5 Å². The van der Waals surface area contributed by atoms with Gasteiger partial charge in [0.25, 0.3) is 0 Å². The highest BCUT2D eigenvalue weighted by Crippen LogP contribution is 2.19. The zero-order valence-corrected chi connectivity index (χ0v) is 10.7. The zero-order valence-electron chi connectivity index (χ0n) is 10.7. The lowest BCUT2D eigenvalue weighted by Crippen LogP contribution is -2.51. The fourth-order valence-corrected chi connectivity index (χ4v) is 2.07. The number of hydrogen-bond acceptors (Lipinski definition) is 2. The van der Waals surface area contributed by atoms with Gasteiger partial charge in [0.15, 0.2) is 0 Å². The summed E-state index contributed by atoms with van der Waals surface area (Å²) in [5.41, 5.74) is 5.88. The van der Waals surface area contributed by atoms with Gasteiger partial charge in [0.2, 0.25) is 0 Å². The summed E-state index contributed by atoms with van der Waals surface area (Å²) in [6.07, 6.45) is 0.820. The molecule has 1 aromatic carbocycles. The molecule has 1 aliphatic heterocycles. The fourth-order valence-electron chi connectivity index (χ4n) is 2.07. The van der Waals surface area contributed by atoms with Crippen molar-refractivity contribution in [3.05, 3.63) is 29.8 Å². The van der Waals surface area contributed by atoms with Crippen molar-refractivity contribution < 1.29 is 13.6 Å². The van der Waals surface area contributed by atoms with E-state index >= 15 is 0 Å². The summed E-state index contributed by atoms with van der Waals surface area (Å²) >= 11 is 0. The molecule has 3 N–H and O–H groups in total. The van der Waals surface area contributed by atoms with Crippen molar-refractivity contribution in [1.82, 2.24) is 4.90 Å². The number of piperidine rings is 1. The zero-order chi connectivity index (χ0) is 14.0. The quantitative estimate of drug-likeness (QED) is 0.821. The van der Waals surface area contributed by atoms with Crippen molar-refractivity contribution in [2.24, 2.45) is 11.7 Å². The molecule has 6 heteroatoms. The van der Waals surface area contributed by atoms with Gasteiger partial charge >= 0.3 is 6.03 Å². The van der Waals surface area contributed by atoms with E-state index in [0.717, 1.165) is 18.6 Å². The van der Waals surface area contributed by atoms with Crippen LogP contribution < -0.4 is 11.1 Å². The van der Waals surface area contributed by atoms with E-state index in [-0.39, 0.29) is 11.7 Å². The minimum atomic E-state index is -0.789. The third kappa shape index (κ3) is 3.20. The predicted molar refractivity (Wildman–Crippen MR) is 68.7 cm³/mol. The van der Waals surface area contributed by atoms with Crippen LogP contribution in [-0.2, 0) is 0 Å². The number of anilines is 1. The van der Waals surface area contributed by atoms with Crippen LogP contribution >= 0.6 is 0 Å². The van der Waals surface area contributed by atoms with Crippen LogP contribution in [0.25, 0.3) is 0 Å². The van der Waals surface area contributed by atoms with E-state index in [1.165, 1.54) is 6.07 Å². The highest BCUT2D eigenvalue weighted by atomic mass is 19.1. The molecule has 2 unspecified atom stereocenters. The van der Waals surface area contributed by atoms with Crippen molar-refractivity contribution in [2.45, 2.75) is 19.4 Å². The van der Waals surface area contributed by atoms with Gasteiger partial charge in [-0.25, -0.2) is 13.6 Å². The molecule has 1 saturated heterocycles. The van der Waals surface area contributed by atoms with Gasteiger partial charge in [-0.1, -0.05) is 6.92 Å². The Morgan fingerprint density at radius 1 is 1.47 bits per heavy atom. The maximum absolute atomic E-state index is 13.4. The Hall–Kier alpha value is -1.69. The first-order valence-corrected chi connectivity index (χ1v) is 6.24. The second-order valence-electron chi connectivity index (χ2n) is 4.93. The second-order valence-corrected chi connectivity index (χ2v) is 4.93. The molecule has 2 atom stereocenters. The minimum absolute atomic E-state index is 0.0291. The Kier molecular flexibility index (Phi) is 3.99. The van der Waals surface area contributed by atoms with E-state index < -0.39 is 17.7 Å². The van der Waals surface area contributed by atoms with Crippen LogP contribution in [0.15, 0.2) is 18.2 Å². The number of nitrogens with one attached hydrogen (secondary N) is 1. The van der Waals surface area contributed by atoms with E-state index in [1.807, 2.05) is 6.92 Å². The Balaban J connectivity index is 2.01. The molecule has 0 radical (unpaired) electrons. The number of benzene rings is 1. The Morgan fingerprint density at radius 2 is 2.21 bits per heavy atom. The lowest BCUT2D eigenvalue weighted by Gasteiger charge is -2.35. The van der Waals surface area contributed by atoms with Crippen molar-refractivity contribution in [3.8, 4) is 0 Å². The molecule has 0 bridgehead atoms. The molecule has 19 heavy (non-hydrogen) atoms. The molecule has 1 heterocycles. The van der Waals surface area contributed by atoms with E-state index in [1.54, 1.807) is 4.90 Å². The topological polar surface area (TPSA) is 58.4 Å². The summed E-state index contributed by atoms with van der Waals surface area (Å²) in [5.74, 6) is -1.10.